The molecular formula is C11H22N2O3. The van der Waals surface area contributed by atoms with Gasteiger partial charge in [0.15, 0.2) is 0 Å². The summed E-state index contributed by atoms with van der Waals surface area (Å²) in [7, 11) is 1.67. The van der Waals surface area contributed by atoms with Crippen molar-refractivity contribution in [3.8, 4) is 0 Å². The Morgan fingerprint density at radius 2 is 1.81 bits per heavy atom. The third kappa shape index (κ3) is 4.08. The summed E-state index contributed by atoms with van der Waals surface area (Å²) in [5, 5.41) is 11.5. The standard InChI is InChI=1S/C11H22N2O3/c1-6-8(4)13(5)11(16)12-9(7(2)3)10(14)15/h7-9H,6H2,1-5H3,(H,12,16)(H,14,15). The minimum absolute atomic E-state index is 0.0987. The number of carboxylic acid groups (broad SMARTS) is 1. The van der Waals surface area contributed by atoms with Gasteiger partial charge in [0.25, 0.3) is 0 Å². The highest BCUT2D eigenvalue weighted by Gasteiger charge is 2.25. The molecule has 0 saturated heterocycles. The molecule has 94 valence electrons. The molecule has 0 saturated carbocycles. The molecule has 16 heavy (non-hydrogen) atoms. The number of nitrogens with one attached hydrogen (secondary N) is 1. The molecule has 5 heteroatoms. The first-order chi connectivity index (χ1) is 7.31. The first-order valence-electron chi connectivity index (χ1n) is 5.57. The maximum atomic E-state index is 11.7. The molecule has 5 nitrogen and oxygen atoms in total. The maximum Gasteiger partial charge on any atom is 0.326 e. The van der Waals surface area contributed by atoms with E-state index in [-0.39, 0.29) is 18.0 Å². The fourth-order valence-electron chi connectivity index (χ4n) is 1.22. The number of amides is 2. The summed E-state index contributed by atoms with van der Waals surface area (Å²) >= 11 is 0. The first kappa shape index (κ1) is 14.7. The zero-order valence-corrected chi connectivity index (χ0v) is 10.7. The van der Waals surface area contributed by atoms with Gasteiger partial charge in [0.05, 0.1) is 0 Å². The third-order valence-electron chi connectivity index (χ3n) is 2.78. The van der Waals surface area contributed by atoms with Gasteiger partial charge >= 0.3 is 12.0 Å². The van der Waals surface area contributed by atoms with Crippen molar-refractivity contribution in [2.45, 2.75) is 46.2 Å². The van der Waals surface area contributed by atoms with E-state index in [1.807, 2.05) is 13.8 Å². The second kappa shape index (κ2) is 6.35. The molecule has 0 bridgehead atoms. The summed E-state index contributed by atoms with van der Waals surface area (Å²) in [6, 6.07) is -1.07. The van der Waals surface area contributed by atoms with Crippen LogP contribution in [0.1, 0.15) is 34.1 Å². The molecular weight excluding hydrogens is 208 g/mol. The van der Waals surface area contributed by atoms with E-state index in [0.717, 1.165) is 6.42 Å². The van der Waals surface area contributed by atoms with Crippen molar-refractivity contribution in [2.24, 2.45) is 5.92 Å². The molecule has 2 atom stereocenters. The van der Waals surface area contributed by atoms with Crippen LogP contribution in [0.25, 0.3) is 0 Å². The highest BCUT2D eigenvalue weighted by molar-refractivity contribution is 5.82. The summed E-state index contributed by atoms with van der Waals surface area (Å²) < 4.78 is 0. The molecule has 0 aliphatic rings. The average Bonchev–Trinajstić information content (AvgIpc) is 2.22. The van der Waals surface area contributed by atoms with Gasteiger partial charge in [-0.05, 0) is 19.3 Å². The number of carbonyl (C=O) groups is 2. The second-order valence-electron chi connectivity index (χ2n) is 4.38. The van der Waals surface area contributed by atoms with Crippen LogP contribution in [-0.4, -0.2) is 41.1 Å². The lowest BCUT2D eigenvalue weighted by Gasteiger charge is -2.27. The van der Waals surface area contributed by atoms with Crippen molar-refractivity contribution in [1.29, 1.82) is 0 Å². The van der Waals surface area contributed by atoms with Crippen LogP contribution in [0.5, 0.6) is 0 Å². The number of hydrogen-bond acceptors (Lipinski definition) is 2. The average molecular weight is 230 g/mol. The van der Waals surface area contributed by atoms with Gasteiger partial charge < -0.3 is 15.3 Å². The summed E-state index contributed by atoms with van der Waals surface area (Å²) in [5.74, 6) is -1.13. The van der Waals surface area contributed by atoms with Crippen molar-refractivity contribution >= 4 is 12.0 Å². The quantitative estimate of drug-likeness (QED) is 0.752. The predicted molar refractivity (Wildman–Crippen MR) is 62.3 cm³/mol. The van der Waals surface area contributed by atoms with E-state index < -0.39 is 12.0 Å². The van der Waals surface area contributed by atoms with Crippen LogP contribution in [0, 0.1) is 5.92 Å². The smallest absolute Gasteiger partial charge is 0.326 e. The normalized spacial score (nSPS) is 14.4. The minimum Gasteiger partial charge on any atom is -0.480 e. The number of aliphatic carboxylic acids is 1. The zero-order valence-electron chi connectivity index (χ0n) is 10.7. The lowest BCUT2D eigenvalue weighted by atomic mass is 10.1. The van der Waals surface area contributed by atoms with Crippen LogP contribution in [0.3, 0.4) is 0 Å². The molecule has 0 radical (unpaired) electrons. The molecule has 0 fully saturated rings. The molecule has 0 rings (SSSR count). The van der Waals surface area contributed by atoms with Crippen LogP contribution in [-0.2, 0) is 4.79 Å². The van der Waals surface area contributed by atoms with Gasteiger partial charge in [-0.15, -0.1) is 0 Å². The number of rotatable bonds is 5. The van der Waals surface area contributed by atoms with Crippen LogP contribution < -0.4 is 5.32 Å². The molecule has 0 aromatic rings. The third-order valence-corrected chi connectivity index (χ3v) is 2.78. The molecule has 0 aliphatic heterocycles. The van der Waals surface area contributed by atoms with Gasteiger partial charge in [-0.3, -0.25) is 0 Å². The van der Waals surface area contributed by atoms with E-state index in [1.54, 1.807) is 20.9 Å². The molecule has 2 N–H and O–H groups in total. The SMILES string of the molecule is CCC(C)N(C)C(=O)NC(C(=O)O)C(C)C. The Labute approximate surface area is 96.8 Å². The number of urea groups is 1. The van der Waals surface area contributed by atoms with Crippen LogP contribution in [0.4, 0.5) is 4.79 Å². The van der Waals surface area contributed by atoms with Crippen LogP contribution in [0.2, 0.25) is 0 Å². The summed E-state index contributed by atoms with van der Waals surface area (Å²) in [6.07, 6.45) is 0.837. The Hall–Kier alpha value is -1.26. The Bertz CT molecular complexity index is 254. The predicted octanol–water partition coefficient (Wildman–Crippen LogP) is 1.54. The van der Waals surface area contributed by atoms with Gasteiger partial charge in [0.1, 0.15) is 6.04 Å². The second-order valence-corrected chi connectivity index (χ2v) is 4.38. The van der Waals surface area contributed by atoms with Gasteiger partial charge in [-0.1, -0.05) is 20.8 Å². The van der Waals surface area contributed by atoms with Gasteiger partial charge in [0.2, 0.25) is 0 Å². The number of hydrogen-bond donors (Lipinski definition) is 2. The van der Waals surface area contributed by atoms with Crippen molar-refractivity contribution < 1.29 is 14.7 Å². The van der Waals surface area contributed by atoms with E-state index in [4.69, 9.17) is 5.11 Å². The summed E-state index contributed by atoms with van der Waals surface area (Å²) in [6.45, 7) is 7.43. The lowest BCUT2D eigenvalue weighted by molar-refractivity contribution is -0.140. The van der Waals surface area contributed by atoms with Crippen molar-refractivity contribution in [3.63, 3.8) is 0 Å². The van der Waals surface area contributed by atoms with E-state index in [9.17, 15) is 9.59 Å². The molecule has 0 aromatic carbocycles. The van der Waals surface area contributed by atoms with Crippen molar-refractivity contribution in [1.82, 2.24) is 10.2 Å². The Kier molecular flexibility index (Phi) is 5.85. The fraction of sp³-hybridized carbons (Fsp3) is 0.818. The summed E-state index contributed by atoms with van der Waals surface area (Å²) in [5.41, 5.74) is 0. The molecule has 0 spiro atoms. The van der Waals surface area contributed by atoms with Crippen LogP contribution >= 0.6 is 0 Å². The topological polar surface area (TPSA) is 69.6 Å². The van der Waals surface area contributed by atoms with Gasteiger partial charge in [-0.2, -0.15) is 0 Å². The van der Waals surface area contributed by atoms with E-state index in [2.05, 4.69) is 5.32 Å². The minimum atomic E-state index is -0.999. The maximum absolute atomic E-state index is 11.7. The highest BCUT2D eigenvalue weighted by Crippen LogP contribution is 2.05. The van der Waals surface area contributed by atoms with E-state index in [1.165, 1.54) is 4.90 Å². The molecule has 0 aliphatic carbocycles. The van der Waals surface area contributed by atoms with Crippen LogP contribution in [0.15, 0.2) is 0 Å². The highest BCUT2D eigenvalue weighted by atomic mass is 16.4. The van der Waals surface area contributed by atoms with E-state index in [0.29, 0.717) is 0 Å². The molecule has 2 amide bonds. The largest absolute Gasteiger partial charge is 0.480 e. The Balaban J connectivity index is 4.46. The number of nitrogens with zero attached hydrogens (tertiary/aromatic N) is 1. The molecule has 0 aromatic heterocycles. The van der Waals surface area contributed by atoms with Crippen molar-refractivity contribution in [3.05, 3.63) is 0 Å². The monoisotopic (exact) mass is 230 g/mol. The van der Waals surface area contributed by atoms with E-state index >= 15 is 0 Å². The molecule has 0 heterocycles. The van der Waals surface area contributed by atoms with Gasteiger partial charge in [-0.25, -0.2) is 9.59 Å². The summed E-state index contributed by atoms with van der Waals surface area (Å²) in [4.78, 5) is 24.1. The Morgan fingerprint density at radius 3 is 2.12 bits per heavy atom. The number of carboxylic acids is 1. The Morgan fingerprint density at radius 1 is 1.31 bits per heavy atom. The molecule has 2 unspecified atom stereocenters. The first-order valence-corrected chi connectivity index (χ1v) is 5.57. The lowest BCUT2D eigenvalue weighted by Crippen LogP contribution is -2.51. The zero-order chi connectivity index (χ0) is 12.9. The van der Waals surface area contributed by atoms with Gasteiger partial charge in [0, 0.05) is 13.1 Å². The number of carbonyl (C=O) groups excluding carboxylic acids is 1. The fourth-order valence-corrected chi connectivity index (χ4v) is 1.22. The van der Waals surface area contributed by atoms with Crippen molar-refractivity contribution in [2.75, 3.05) is 7.05 Å².